The van der Waals surface area contributed by atoms with Crippen molar-refractivity contribution in [2.24, 2.45) is 5.92 Å². The molecule has 0 unspecified atom stereocenters. The lowest BCUT2D eigenvalue weighted by Crippen LogP contribution is -2.36. The summed E-state index contributed by atoms with van der Waals surface area (Å²) in [5.74, 6) is -1.29. The highest BCUT2D eigenvalue weighted by Gasteiger charge is 2.27. The van der Waals surface area contributed by atoms with E-state index in [4.69, 9.17) is 14.5 Å². The van der Waals surface area contributed by atoms with Gasteiger partial charge in [-0.1, -0.05) is 6.07 Å². The zero-order valence-corrected chi connectivity index (χ0v) is 17.1. The highest BCUT2D eigenvalue weighted by atomic mass is 16.5. The number of rotatable bonds is 7. The number of aromatic nitrogens is 1. The van der Waals surface area contributed by atoms with Crippen LogP contribution in [0.15, 0.2) is 30.5 Å². The summed E-state index contributed by atoms with van der Waals surface area (Å²) in [5, 5.41) is 9.32. The molecule has 0 aliphatic carbocycles. The molecule has 30 heavy (non-hydrogen) atoms. The van der Waals surface area contributed by atoms with Crippen LogP contribution in [-0.2, 0) is 27.3 Å². The molecule has 7 nitrogen and oxygen atoms in total. The molecule has 1 saturated heterocycles. The van der Waals surface area contributed by atoms with Gasteiger partial charge in [-0.05, 0) is 49.4 Å². The van der Waals surface area contributed by atoms with E-state index < -0.39 is 5.97 Å². The molecule has 1 aromatic carbocycles. The Kier molecular flexibility index (Phi) is 5.99. The van der Waals surface area contributed by atoms with E-state index in [1.54, 1.807) is 13.2 Å². The molecule has 0 spiro atoms. The van der Waals surface area contributed by atoms with Crippen molar-refractivity contribution >= 4 is 17.6 Å². The monoisotopic (exact) mass is 410 g/mol. The summed E-state index contributed by atoms with van der Waals surface area (Å²) in [7, 11) is 1.70. The van der Waals surface area contributed by atoms with Crippen LogP contribution < -0.4 is 4.90 Å². The third-order valence-corrected chi connectivity index (χ3v) is 5.88. The maximum atomic E-state index is 11.8. The number of carbonyl (C=O) groups is 2. The number of cyclic esters (lactones) is 1. The number of nitrogens with zero attached hydrogens (tertiary/aromatic N) is 2. The van der Waals surface area contributed by atoms with Crippen molar-refractivity contribution in [3.05, 3.63) is 47.2 Å². The van der Waals surface area contributed by atoms with Gasteiger partial charge in [-0.25, -0.2) is 4.79 Å². The lowest BCUT2D eigenvalue weighted by Gasteiger charge is -2.33. The minimum absolute atomic E-state index is 0.283. The maximum Gasteiger partial charge on any atom is 0.338 e. The molecule has 7 heteroatoms. The number of carboxylic acids is 1. The first-order valence-corrected chi connectivity index (χ1v) is 10.3. The van der Waals surface area contributed by atoms with Gasteiger partial charge in [0.15, 0.2) is 0 Å². The summed E-state index contributed by atoms with van der Waals surface area (Å²) in [6.45, 7) is 2.34. The molecule has 1 aromatic heterocycles. The Morgan fingerprint density at radius 3 is 2.83 bits per heavy atom. The van der Waals surface area contributed by atoms with E-state index in [1.807, 2.05) is 18.3 Å². The van der Waals surface area contributed by atoms with E-state index >= 15 is 0 Å². The van der Waals surface area contributed by atoms with Crippen LogP contribution in [0.1, 0.15) is 40.7 Å². The van der Waals surface area contributed by atoms with Gasteiger partial charge in [0.2, 0.25) is 0 Å². The average Bonchev–Trinajstić information content (AvgIpc) is 3.14. The van der Waals surface area contributed by atoms with Gasteiger partial charge in [-0.3, -0.25) is 9.78 Å². The molecule has 0 bridgehead atoms. The number of pyridine rings is 1. The SMILES string of the molecule is COCCCc1cnc(-c2ccc3c(c2)COC3=O)c(N2CCC(C(=O)O)CC2)c1. The highest BCUT2D eigenvalue weighted by molar-refractivity contribution is 5.94. The molecule has 0 radical (unpaired) electrons. The Balaban J connectivity index is 1.66. The van der Waals surface area contributed by atoms with Gasteiger partial charge in [0, 0.05) is 44.1 Å². The summed E-state index contributed by atoms with van der Waals surface area (Å²) in [4.78, 5) is 30.1. The van der Waals surface area contributed by atoms with Crippen molar-refractivity contribution in [3.8, 4) is 11.3 Å². The number of benzene rings is 1. The van der Waals surface area contributed by atoms with Crippen molar-refractivity contribution in [3.63, 3.8) is 0 Å². The van der Waals surface area contributed by atoms with Crippen LogP contribution in [0.5, 0.6) is 0 Å². The lowest BCUT2D eigenvalue weighted by molar-refractivity contribution is -0.142. The Labute approximate surface area is 175 Å². The van der Waals surface area contributed by atoms with Crippen LogP contribution in [0, 0.1) is 5.92 Å². The fourth-order valence-electron chi connectivity index (χ4n) is 4.16. The van der Waals surface area contributed by atoms with Crippen LogP contribution in [0.2, 0.25) is 0 Å². The van der Waals surface area contributed by atoms with Crippen LogP contribution in [0.25, 0.3) is 11.3 Å². The van der Waals surface area contributed by atoms with E-state index in [-0.39, 0.29) is 18.5 Å². The van der Waals surface area contributed by atoms with Gasteiger partial charge in [0.1, 0.15) is 6.61 Å². The van der Waals surface area contributed by atoms with Gasteiger partial charge in [-0.15, -0.1) is 0 Å². The number of carbonyl (C=O) groups excluding carboxylic acids is 1. The molecule has 2 aliphatic heterocycles. The zero-order chi connectivity index (χ0) is 21.1. The number of carboxylic acid groups (broad SMARTS) is 1. The fourth-order valence-corrected chi connectivity index (χ4v) is 4.16. The van der Waals surface area contributed by atoms with Crippen molar-refractivity contribution in [1.29, 1.82) is 0 Å². The minimum Gasteiger partial charge on any atom is -0.481 e. The smallest absolute Gasteiger partial charge is 0.338 e. The number of fused-ring (bicyclic) bond motifs is 1. The molecule has 3 heterocycles. The van der Waals surface area contributed by atoms with Crippen LogP contribution >= 0.6 is 0 Å². The van der Waals surface area contributed by atoms with Crippen LogP contribution in [0.4, 0.5) is 5.69 Å². The number of esters is 1. The number of aryl methyl sites for hydroxylation is 1. The van der Waals surface area contributed by atoms with Crippen molar-refractivity contribution in [1.82, 2.24) is 4.98 Å². The number of hydrogen-bond acceptors (Lipinski definition) is 6. The molecule has 0 atom stereocenters. The van der Waals surface area contributed by atoms with Gasteiger partial charge in [0.25, 0.3) is 0 Å². The summed E-state index contributed by atoms with van der Waals surface area (Å²) in [6, 6.07) is 7.84. The Morgan fingerprint density at radius 1 is 1.30 bits per heavy atom. The number of methoxy groups -OCH3 is 1. The predicted octanol–water partition coefficient (Wildman–Crippen LogP) is 3.30. The fraction of sp³-hybridized carbons (Fsp3) is 0.435. The topological polar surface area (TPSA) is 89.0 Å². The molecule has 0 amide bonds. The first kappa shape index (κ1) is 20.3. The minimum atomic E-state index is -0.718. The van der Waals surface area contributed by atoms with E-state index in [9.17, 15) is 14.7 Å². The van der Waals surface area contributed by atoms with E-state index in [2.05, 4.69) is 11.0 Å². The highest BCUT2D eigenvalue weighted by Crippen LogP contribution is 2.35. The molecule has 158 valence electrons. The number of ether oxygens (including phenoxy) is 2. The van der Waals surface area contributed by atoms with Crippen molar-refractivity contribution in [2.45, 2.75) is 32.3 Å². The summed E-state index contributed by atoms with van der Waals surface area (Å²) >= 11 is 0. The second-order valence-corrected chi connectivity index (χ2v) is 7.86. The Hall–Kier alpha value is -2.93. The summed E-state index contributed by atoms with van der Waals surface area (Å²) in [5.41, 5.74) is 5.41. The molecule has 2 aliphatic rings. The van der Waals surface area contributed by atoms with Gasteiger partial charge >= 0.3 is 11.9 Å². The van der Waals surface area contributed by atoms with Crippen molar-refractivity contribution in [2.75, 3.05) is 31.7 Å². The summed E-state index contributed by atoms with van der Waals surface area (Å²) in [6.07, 6.45) is 4.92. The standard InChI is InChI=1S/C23H26N2O5/c1-29-10-2-3-15-11-20(25-8-6-16(7-9-25)22(26)27)21(24-13-15)17-4-5-19-18(12-17)14-30-23(19)28/h4-5,11-13,16H,2-3,6-10,14H2,1H3,(H,26,27). The average molecular weight is 410 g/mol. The second kappa shape index (κ2) is 8.83. The van der Waals surface area contributed by atoms with E-state index in [1.165, 1.54) is 0 Å². The predicted molar refractivity (Wildman–Crippen MR) is 112 cm³/mol. The molecule has 0 saturated carbocycles. The van der Waals surface area contributed by atoms with Crippen LogP contribution in [0.3, 0.4) is 0 Å². The number of hydrogen-bond donors (Lipinski definition) is 1. The third kappa shape index (κ3) is 4.16. The molecule has 2 aromatic rings. The van der Waals surface area contributed by atoms with E-state index in [0.717, 1.165) is 40.9 Å². The zero-order valence-electron chi connectivity index (χ0n) is 17.1. The lowest BCUT2D eigenvalue weighted by atomic mass is 9.95. The molecule has 4 rings (SSSR count). The first-order chi connectivity index (χ1) is 14.6. The largest absolute Gasteiger partial charge is 0.481 e. The molecule has 1 N–H and O–H groups in total. The Bertz CT molecular complexity index is 951. The van der Waals surface area contributed by atoms with Gasteiger partial charge in [0.05, 0.1) is 22.9 Å². The number of aliphatic carboxylic acids is 1. The normalized spacial score (nSPS) is 16.4. The number of piperidine rings is 1. The Morgan fingerprint density at radius 2 is 2.10 bits per heavy atom. The number of anilines is 1. The van der Waals surface area contributed by atoms with Gasteiger partial charge < -0.3 is 19.5 Å². The van der Waals surface area contributed by atoms with Crippen molar-refractivity contribution < 1.29 is 24.2 Å². The molecular formula is C23H26N2O5. The second-order valence-electron chi connectivity index (χ2n) is 7.86. The maximum absolute atomic E-state index is 11.8. The summed E-state index contributed by atoms with van der Waals surface area (Å²) < 4.78 is 10.3. The van der Waals surface area contributed by atoms with Gasteiger partial charge in [-0.2, -0.15) is 0 Å². The van der Waals surface area contributed by atoms with E-state index in [0.29, 0.717) is 38.1 Å². The third-order valence-electron chi connectivity index (χ3n) is 5.88. The quantitative estimate of drug-likeness (QED) is 0.553. The first-order valence-electron chi connectivity index (χ1n) is 10.3. The van der Waals surface area contributed by atoms with Crippen LogP contribution in [-0.4, -0.2) is 48.8 Å². The molecule has 1 fully saturated rings. The molecular weight excluding hydrogens is 384 g/mol.